The van der Waals surface area contributed by atoms with Crippen LogP contribution >= 0.6 is 22.9 Å². The molecule has 0 saturated carbocycles. The molecule has 22 heavy (non-hydrogen) atoms. The topological polar surface area (TPSA) is 34.9 Å². The summed E-state index contributed by atoms with van der Waals surface area (Å²) in [6, 6.07) is 5.56. The maximum absolute atomic E-state index is 13.3. The predicted molar refractivity (Wildman–Crippen MR) is 80.0 cm³/mol. The lowest BCUT2D eigenvalue weighted by molar-refractivity contribution is -0.146. The fourth-order valence-corrected chi connectivity index (χ4v) is 3.14. The summed E-state index contributed by atoms with van der Waals surface area (Å²) in [7, 11) is 0. The van der Waals surface area contributed by atoms with Crippen LogP contribution in [0.15, 0.2) is 34.4 Å². The number of fused-ring (bicyclic) bond motifs is 1. The number of hydrogen-bond donors (Lipinski definition) is 0. The minimum atomic E-state index is -4.75. The molecule has 1 aromatic carbocycles. The molecule has 0 unspecified atom stereocenters. The Morgan fingerprint density at radius 3 is 2.45 bits per heavy atom. The molecule has 0 radical (unpaired) electrons. The molecule has 0 aliphatic rings. The van der Waals surface area contributed by atoms with Crippen LogP contribution in [-0.4, -0.2) is 9.55 Å². The van der Waals surface area contributed by atoms with E-state index in [2.05, 4.69) is 4.98 Å². The van der Waals surface area contributed by atoms with Crippen LogP contribution in [0.3, 0.4) is 0 Å². The molecule has 0 amide bonds. The van der Waals surface area contributed by atoms with Gasteiger partial charge in [0.15, 0.2) is 0 Å². The van der Waals surface area contributed by atoms with Crippen molar-refractivity contribution in [1.29, 1.82) is 0 Å². The molecule has 0 bridgehead atoms. The fraction of sp³-hybridized carbons (Fsp3) is 0.143. The van der Waals surface area contributed by atoms with Crippen molar-refractivity contribution in [2.75, 3.05) is 0 Å². The first-order valence-corrected chi connectivity index (χ1v) is 7.39. The molecule has 0 N–H and O–H groups in total. The third-order valence-corrected chi connectivity index (χ3v) is 4.43. The lowest BCUT2D eigenvalue weighted by atomic mass is 10.2. The van der Waals surface area contributed by atoms with E-state index < -0.39 is 17.6 Å². The minimum Gasteiger partial charge on any atom is -0.267 e. The second-order valence-corrected chi connectivity index (χ2v) is 5.96. The third-order valence-electron chi connectivity index (χ3n) is 3.11. The molecule has 0 saturated heterocycles. The van der Waals surface area contributed by atoms with Gasteiger partial charge in [-0.15, -0.1) is 11.3 Å². The average Bonchev–Trinajstić information content (AvgIpc) is 2.81. The van der Waals surface area contributed by atoms with Crippen LogP contribution in [0.25, 0.3) is 15.9 Å². The minimum absolute atomic E-state index is 0.0715. The number of nitrogens with zero attached hydrogens (tertiary/aromatic N) is 2. The van der Waals surface area contributed by atoms with Gasteiger partial charge in [-0.05, 0) is 42.1 Å². The number of rotatable bonds is 1. The molecule has 0 fully saturated rings. The van der Waals surface area contributed by atoms with E-state index >= 15 is 0 Å². The standard InChI is InChI=1S/C14H8ClF3N2OS/c1-7-6-22-11-10(7)19-13(14(16,17)18)20(12(11)21)9-4-2-8(15)3-5-9/h2-6H,1H3. The highest BCUT2D eigenvalue weighted by atomic mass is 35.5. The highest BCUT2D eigenvalue weighted by molar-refractivity contribution is 7.17. The van der Waals surface area contributed by atoms with Crippen LogP contribution in [0.5, 0.6) is 0 Å². The summed E-state index contributed by atoms with van der Waals surface area (Å²) in [4.78, 5) is 16.2. The fourth-order valence-electron chi connectivity index (χ4n) is 2.10. The zero-order chi connectivity index (χ0) is 16.1. The Kier molecular flexibility index (Phi) is 3.49. The first-order chi connectivity index (χ1) is 10.3. The van der Waals surface area contributed by atoms with Crippen LogP contribution in [0, 0.1) is 6.92 Å². The van der Waals surface area contributed by atoms with Gasteiger partial charge in [0.25, 0.3) is 5.56 Å². The Labute approximate surface area is 131 Å². The Hall–Kier alpha value is -1.86. The van der Waals surface area contributed by atoms with E-state index in [-0.39, 0.29) is 15.9 Å². The molecule has 114 valence electrons. The monoisotopic (exact) mass is 344 g/mol. The van der Waals surface area contributed by atoms with E-state index in [1.807, 2.05) is 0 Å². The molecular formula is C14H8ClF3N2OS. The molecule has 3 nitrogen and oxygen atoms in total. The van der Waals surface area contributed by atoms with Gasteiger partial charge < -0.3 is 0 Å². The van der Waals surface area contributed by atoms with Gasteiger partial charge in [0.1, 0.15) is 4.70 Å². The predicted octanol–water partition coefficient (Wildman–Crippen LogP) is 4.43. The van der Waals surface area contributed by atoms with Gasteiger partial charge in [-0.3, -0.25) is 9.36 Å². The summed E-state index contributed by atoms with van der Waals surface area (Å²) in [6.07, 6.45) is -4.75. The largest absolute Gasteiger partial charge is 0.450 e. The average molecular weight is 345 g/mol. The van der Waals surface area contributed by atoms with Gasteiger partial charge in [-0.1, -0.05) is 11.6 Å². The molecular weight excluding hydrogens is 337 g/mol. The molecule has 2 heterocycles. The van der Waals surface area contributed by atoms with Gasteiger partial charge in [-0.25, -0.2) is 4.98 Å². The number of alkyl halides is 3. The van der Waals surface area contributed by atoms with Crippen LogP contribution in [0.1, 0.15) is 11.4 Å². The lowest BCUT2D eigenvalue weighted by Gasteiger charge is -2.14. The Balaban J connectivity index is 2.43. The number of thiophene rings is 1. The number of aromatic nitrogens is 2. The maximum atomic E-state index is 13.3. The Bertz CT molecular complexity index is 913. The van der Waals surface area contributed by atoms with Gasteiger partial charge in [0, 0.05) is 5.02 Å². The zero-order valence-corrected chi connectivity index (χ0v) is 12.7. The number of halogens is 4. The smallest absolute Gasteiger partial charge is 0.267 e. The quantitative estimate of drug-likeness (QED) is 0.654. The van der Waals surface area contributed by atoms with Crippen molar-refractivity contribution >= 4 is 33.2 Å². The first-order valence-electron chi connectivity index (χ1n) is 6.13. The van der Waals surface area contributed by atoms with E-state index in [0.29, 0.717) is 15.2 Å². The van der Waals surface area contributed by atoms with Crippen LogP contribution < -0.4 is 5.56 Å². The van der Waals surface area contributed by atoms with E-state index in [4.69, 9.17) is 11.6 Å². The van der Waals surface area contributed by atoms with Crippen molar-refractivity contribution in [3.63, 3.8) is 0 Å². The SMILES string of the molecule is Cc1csc2c(=O)n(-c3ccc(Cl)cc3)c(C(F)(F)F)nc12. The second kappa shape index (κ2) is 5.10. The van der Waals surface area contributed by atoms with E-state index in [0.717, 1.165) is 11.3 Å². The van der Waals surface area contributed by atoms with Crippen molar-refractivity contribution < 1.29 is 13.2 Å². The molecule has 0 aliphatic heterocycles. The highest BCUT2D eigenvalue weighted by Crippen LogP contribution is 2.31. The van der Waals surface area contributed by atoms with Crippen LogP contribution in [0.4, 0.5) is 13.2 Å². The van der Waals surface area contributed by atoms with Crippen molar-refractivity contribution in [2.45, 2.75) is 13.1 Å². The Morgan fingerprint density at radius 2 is 1.86 bits per heavy atom. The van der Waals surface area contributed by atoms with Gasteiger partial charge in [-0.2, -0.15) is 13.2 Å². The zero-order valence-electron chi connectivity index (χ0n) is 11.1. The molecule has 0 spiro atoms. The number of hydrogen-bond acceptors (Lipinski definition) is 3. The van der Waals surface area contributed by atoms with Crippen molar-refractivity contribution in [3.05, 3.63) is 56.4 Å². The summed E-state index contributed by atoms with van der Waals surface area (Å²) < 4.78 is 40.7. The van der Waals surface area contributed by atoms with Gasteiger partial charge >= 0.3 is 6.18 Å². The van der Waals surface area contributed by atoms with Gasteiger partial charge in [0.05, 0.1) is 11.2 Å². The summed E-state index contributed by atoms with van der Waals surface area (Å²) in [5, 5.41) is 1.98. The van der Waals surface area contributed by atoms with Crippen LogP contribution in [0.2, 0.25) is 5.02 Å². The van der Waals surface area contributed by atoms with Crippen molar-refractivity contribution in [2.24, 2.45) is 0 Å². The van der Waals surface area contributed by atoms with E-state index in [1.165, 1.54) is 24.3 Å². The first kappa shape index (κ1) is 15.1. The molecule has 2 aromatic heterocycles. The highest BCUT2D eigenvalue weighted by Gasteiger charge is 2.38. The molecule has 0 atom stereocenters. The van der Waals surface area contributed by atoms with Crippen molar-refractivity contribution in [3.8, 4) is 5.69 Å². The summed E-state index contributed by atoms with van der Waals surface area (Å²) >= 11 is 6.83. The van der Waals surface area contributed by atoms with Gasteiger partial charge in [0.2, 0.25) is 5.82 Å². The number of aryl methyl sites for hydroxylation is 1. The molecule has 8 heteroatoms. The van der Waals surface area contributed by atoms with E-state index in [1.54, 1.807) is 12.3 Å². The molecule has 3 rings (SSSR count). The summed E-state index contributed by atoms with van der Waals surface area (Å²) in [6.45, 7) is 1.62. The van der Waals surface area contributed by atoms with E-state index in [9.17, 15) is 18.0 Å². The Morgan fingerprint density at radius 1 is 1.23 bits per heavy atom. The third kappa shape index (κ3) is 2.40. The molecule has 3 aromatic rings. The maximum Gasteiger partial charge on any atom is 0.450 e. The number of benzene rings is 1. The summed E-state index contributed by atoms with van der Waals surface area (Å²) in [5.41, 5.74) is -0.0293. The second-order valence-electron chi connectivity index (χ2n) is 4.65. The lowest BCUT2D eigenvalue weighted by Crippen LogP contribution is -2.28. The normalized spacial score (nSPS) is 12.0. The molecule has 0 aliphatic carbocycles. The van der Waals surface area contributed by atoms with Crippen molar-refractivity contribution in [1.82, 2.24) is 9.55 Å². The summed E-state index contributed by atoms with van der Waals surface area (Å²) in [5.74, 6) is -1.24. The van der Waals surface area contributed by atoms with Crippen LogP contribution in [-0.2, 0) is 6.18 Å².